The van der Waals surface area contributed by atoms with Crippen molar-refractivity contribution in [1.82, 2.24) is 5.32 Å². The highest BCUT2D eigenvalue weighted by Gasteiger charge is 2.21. The number of piperidine rings is 1. The lowest BCUT2D eigenvalue weighted by atomic mass is 9.96. The van der Waals surface area contributed by atoms with E-state index in [0.29, 0.717) is 11.6 Å². The van der Waals surface area contributed by atoms with E-state index in [2.05, 4.69) is 10.2 Å². The monoisotopic (exact) mass is 291 g/mol. The van der Waals surface area contributed by atoms with Gasteiger partial charge in [0.1, 0.15) is 0 Å². The fourth-order valence-electron chi connectivity index (χ4n) is 2.64. The largest absolute Gasteiger partial charge is 0.478 e. The maximum atomic E-state index is 10.9. The Hall–Kier alpha value is -2.24. The van der Waals surface area contributed by atoms with Gasteiger partial charge < -0.3 is 21.1 Å². The van der Waals surface area contributed by atoms with Crippen LogP contribution < -0.4 is 16.0 Å². The van der Waals surface area contributed by atoms with Crippen LogP contribution in [0, 0.1) is 5.92 Å². The third kappa shape index (κ3) is 3.87. The van der Waals surface area contributed by atoms with Crippen LogP contribution in [0.2, 0.25) is 0 Å². The van der Waals surface area contributed by atoms with Crippen molar-refractivity contribution < 1.29 is 14.7 Å². The number of hydrogen-bond donors (Lipinski definition) is 3. The molecule has 6 heteroatoms. The van der Waals surface area contributed by atoms with Crippen LogP contribution in [-0.4, -0.2) is 36.6 Å². The van der Waals surface area contributed by atoms with Gasteiger partial charge in [-0.2, -0.15) is 0 Å². The van der Waals surface area contributed by atoms with Crippen molar-refractivity contribution in [3.05, 3.63) is 23.8 Å². The Morgan fingerprint density at radius 2 is 2.05 bits per heavy atom. The molecule has 114 valence electrons. The summed E-state index contributed by atoms with van der Waals surface area (Å²) in [7, 11) is 0. The van der Waals surface area contributed by atoms with Gasteiger partial charge in [0.15, 0.2) is 0 Å². The molecule has 4 N–H and O–H groups in total. The molecule has 6 nitrogen and oxygen atoms in total. The number of carbonyl (C=O) groups is 2. The van der Waals surface area contributed by atoms with Gasteiger partial charge in [-0.25, -0.2) is 4.79 Å². The smallest absolute Gasteiger partial charge is 0.335 e. The standard InChI is InChI=1S/C15H21N3O3/c1-10(19)17-9-11-4-6-18(7-5-11)14-3-2-12(15(20)21)8-13(14)16/h2-3,8,11H,4-7,9,16H2,1H3,(H,17,19)(H,20,21). The fraction of sp³-hybridized carbons (Fsp3) is 0.467. The van der Waals surface area contributed by atoms with Crippen LogP contribution in [0.25, 0.3) is 0 Å². The van der Waals surface area contributed by atoms with Gasteiger partial charge >= 0.3 is 5.97 Å². The summed E-state index contributed by atoms with van der Waals surface area (Å²) >= 11 is 0. The molecule has 21 heavy (non-hydrogen) atoms. The molecule has 0 atom stereocenters. The quantitative estimate of drug-likeness (QED) is 0.727. The molecular formula is C15H21N3O3. The minimum absolute atomic E-state index is 0.00549. The molecule has 0 aromatic heterocycles. The number of anilines is 2. The predicted molar refractivity (Wildman–Crippen MR) is 81.4 cm³/mol. The highest BCUT2D eigenvalue weighted by atomic mass is 16.4. The molecule has 0 saturated carbocycles. The molecular weight excluding hydrogens is 270 g/mol. The summed E-state index contributed by atoms with van der Waals surface area (Å²) in [4.78, 5) is 24.0. The molecule has 1 heterocycles. The normalized spacial score (nSPS) is 15.8. The molecule has 1 amide bonds. The first kappa shape index (κ1) is 15.2. The Labute approximate surface area is 123 Å². The second kappa shape index (κ2) is 6.47. The molecule has 1 fully saturated rings. The van der Waals surface area contributed by atoms with Crippen molar-refractivity contribution in [2.24, 2.45) is 5.92 Å². The Morgan fingerprint density at radius 1 is 1.38 bits per heavy atom. The third-order valence-electron chi connectivity index (χ3n) is 3.87. The summed E-state index contributed by atoms with van der Waals surface area (Å²) in [5, 5.41) is 11.8. The van der Waals surface area contributed by atoms with E-state index in [1.807, 2.05) is 0 Å². The molecule has 1 aliphatic rings. The Morgan fingerprint density at radius 3 is 2.57 bits per heavy atom. The molecule has 2 rings (SSSR count). The lowest BCUT2D eigenvalue weighted by molar-refractivity contribution is -0.119. The van der Waals surface area contributed by atoms with E-state index < -0.39 is 5.97 Å². The number of hydrogen-bond acceptors (Lipinski definition) is 4. The molecule has 1 saturated heterocycles. The zero-order valence-corrected chi connectivity index (χ0v) is 12.1. The van der Waals surface area contributed by atoms with Gasteiger partial charge in [-0.3, -0.25) is 4.79 Å². The van der Waals surface area contributed by atoms with Crippen molar-refractivity contribution >= 4 is 23.3 Å². The summed E-state index contributed by atoms with van der Waals surface area (Å²) < 4.78 is 0. The second-order valence-corrected chi connectivity index (χ2v) is 5.45. The lowest BCUT2D eigenvalue weighted by Gasteiger charge is -2.34. The summed E-state index contributed by atoms with van der Waals surface area (Å²) in [6.45, 7) is 3.97. The number of benzene rings is 1. The van der Waals surface area contributed by atoms with Crippen molar-refractivity contribution in [1.29, 1.82) is 0 Å². The number of rotatable bonds is 4. The maximum Gasteiger partial charge on any atom is 0.335 e. The molecule has 1 aromatic rings. The summed E-state index contributed by atoms with van der Waals surface area (Å²) in [5.74, 6) is -0.474. The number of carboxylic acids is 1. The Kier molecular flexibility index (Phi) is 4.67. The maximum absolute atomic E-state index is 10.9. The lowest BCUT2D eigenvalue weighted by Crippen LogP contribution is -2.38. The zero-order chi connectivity index (χ0) is 15.4. The summed E-state index contributed by atoms with van der Waals surface area (Å²) in [5.41, 5.74) is 7.55. The molecule has 0 unspecified atom stereocenters. The van der Waals surface area contributed by atoms with Crippen molar-refractivity contribution in [2.45, 2.75) is 19.8 Å². The van der Waals surface area contributed by atoms with Gasteiger partial charge in [0.05, 0.1) is 16.9 Å². The average Bonchev–Trinajstić information content (AvgIpc) is 2.45. The molecule has 0 aliphatic carbocycles. The van der Waals surface area contributed by atoms with Crippen LogP contribution in [0.15, 0.2) is 18.2 Å². The second-order valence-electron chi connectivity index (χ2n) is 5.45. The van der Waals surface area contributed by atoms with Gasteiger partial charge in [-0.15, -0.1) is 0 Å². The van der Waals surface area contributed by atoms with Crippen molar-refractivity contribution in [3.8, 4) is 0 Å². The number of amides is 1. The van der Waals surface area contributed by atoms with Crippen LogP contribution >= 0.6 is 0 Å². The van der Waals surface area contributed by atoms with E-state index in [9.17, 15) is 9.59 Å². The van der Waals surface area contributed by atoms with Crippen LogP contribution in [0.4, 0.5) is 11.4 Å². The SMILES string of the molecule is CC(=O)NCC1CCN(c2ccc(C(=O)O)cc2N)CC1. The first-order chi connectivity index (χ1) is 9.97. The van der Waals surface area contributed by atoms with Gasteiger partial charge in [-0.1, -0.05) is 0 Å². The fourth-order valence-corrected chi connectivity index (χ4v) is 2.64. The van der Waals surface area contributed by atoms with E-state index in [1.165, 1.54) is 13.0 Å². The van der Waals surface area contributed by atoms with Crippen LogP contribution in [0.5, 0.6) is 0 Å². The molecule has 0 radical (unpaired) electrons. The highest BCUT2D eigenvalue weighted by molar-refractivity contribution is 5.90. The number of nitrogens with one attached hydrogen (secondary N) is 1. The number of nitrogen functional groups attached to an aromatic ring is 1. The van der Waals surface area contributed by atoms with E-state index in [0.717, 1.165) is 38.2 Å². The Balaban J connectivity index is 1.96. The van der Waals surface area contributed by atoms with Gasteiger partial charge in [0.2, 0.25) is 5.91 Å². The van der Waals surface area contributed by atoms with Crippen LogP contribution in [-0.2, 0) is 4.79 Å². The minimum Gasteiger partial charge on any atom is -0.478 e. The van der Waals surface area contributed by atoms with Crippen molar-refractivity contribution in [2.75, 3.05) is 30.3 Å². The number of nitrogens with zero attached hydrogens (tertiary/aromatic N) is 1. The number of aromatic carboxylic acids is 1. The van der Waals surface area contributed by atoms with Crippen LogP contribution in [0.1, 0.15) is 30.1 Å². The zero-order valence-electron chi connectivity index (χ0n) is 12.1. The molecule has 0 spiro atoms. The molecule has 1 aliphatic heterocycles. The molecule has 0 bridgehead atoms. The summed E-state index contributed by atoms with van der Waals surface area (Å²) in [6, 6.07) is 4.85. The number of nitrogens with two attached hydrogens (primary N) is 1. The first-order valence-corrected chi connectivity index (χ1v) is 7.09. The first-order valence-electron chi connectivity index (χ1n) is 7.09. The van der Waals surface area contributed by atoms with Gasteiger partial charge in [-0.05, 0) is 37.0 Å². The van der Waals surface area contributed by atoms with E-state index in [-0.39, 0.29) is 11.5 Å². The molecule has 1 aromatic carbocycles. The van der Waals surface area contributed by atoms with Crippen LogP contribution in [0.3, 0.4) is 0 Å². The van der Waals surface area contributed by atoms with Gasteiger partial charge in [0.25, 0.3) is 0 Å². The van der Waals surface area contributed by atoms with E-state index in [4.69, 9.17) is 10.8 Å². The Bertz CT molecular complexity index is 537. The minimum atomic E-state index is -0.970. The van der Waals surface area contributed by atoms with Gasteiger partial charge in [0, 0.05) is 26.6 Å². The average molecular weight is 291 g/mol. The number of carboxylic acid groups (broad SMARTS) is 1. The van der Waals surface area contributed by atoms with E-state index >= 15 is 0 Å². The van der Waals surface area contributed by atoms with E-state index in [1.54, 1.807) is 12.1 Å². The topological polar surface area (TPSA) is 95.7 Å². The highest BCUT2D eigenvalue weighted by Crippen LogP contribution is 2.28. The predicted octanol–water partition coefficient (Wildman–Crippen LogP) is 1.32. The number of carbonyl (C=O) groups excluding carboxylic acids is 1. The third-order valence-corrected chi connectivity index (χ3v) is 3.87. The summed E-state index contributed by atoms with van der Waals surface area (Å²) in [6.07, 6.45) is 1.97. The van der Waals surface area contributed by atoms with Crippen molar-refractivity contribution in [3.63, 3.8) is 0 Å².